The number of carbonyl (C=O) groups excluding carboxylic acids is 1. The van der Waals surface area contributed by atoms with Gasteiger partial charge in [-0.1, -0.05) is 42.0 Å². The van der Waals surface area contributed by atoms with Crippen LogP contribution in [0, 0.1) is 17.0 Å². The van der Waals surface area contributed by atoms with Crippen molar-refractivity contribution in [3.63, 3.8) is 0 Å². The van der Waals surface area contributed by atoms with Crippen LogP contribution in [0.25, 0.3) is 10.6 Å². The Bertz CT molecular complexity index is 970. The van der Waals surface area contributed by atoms with E-state index in [1.54, 1.807) is 23.5 Å². The Balaban J connectivity index is 1.46. The topological polar surface area (TPSA) is 94.4 Å². The molecule has 0 unspecified atom stereocenters. The van der Waals surface area contributed by atoms with Crippen LogP contribution in [0.2, 0.25) is 0 Å². The molecule has 0 saturated carbocycles. The summed E-state index contributed by atoms with van der Waals surface area (Å²) in [6.07, 6.45) is 0.597. The molecule has 144 valence electrons. The highest BCUT2D eigenvalue weighted by Crippen LogP contribution is 2.26. The Morgan fingerprint density at radius 3 is 2.71 bits per heavy atom. The van der Waals surface area contributed by atoms with Crippen LogP contribution in [0.3, 0.4) is 0 Å². The molecule has 1 N–H and O–H groups in total. The zero-order chi connectivity index (χ0) is 19.9. The summed E-state index contributed by atoms with van der Waals surface area (Å²) in [4.78, 5) is 26.9. The molecule has 0 fully saturated rings. The minimum Gasteiger partial charge on any atom is -0.477 e. The fourth-order valence-corrected chi connectivity index (χ4v) is 3.37. The molecule has 0 aliphatic heterocycles. The molecule has 1 aromatic heterocycles. The number of hydrogen-bond acceptors (Lipinski definition) is 6. The fourth-order valence-electron chi connectivity index (χ4n) is 2.50. The van der Waals surface area contributed by atoms with Crippen LogP contribution in [0.5, 0.6) is 5.75 Å². The van der Waals surface area contributed by atoms with Crippen molar-refractivity contribution in [1.82, 2.24) is 10.3 Å². The lowest BCUT2D eigenvalue weighted by atomic mass is 10.2. The van der Waals surface area contributed by atoms with Crippen LogP contribution in [-0.2, 0) is 11.2 Å². The Hall–Kier alpha value is -3.26. The van der Waals surface area contributed by atoms with E-state index in [9.17, 15) is 14.9 Å². The largest absolute Gasteiger partial charge is 0.477 e. The SMILES string of the molecule is Cc1ccc(-c2nc(CCNC(=O)COc3ccccc3[N+](=O)[O-])cs2)cc1. The number of benzene rings is 2. The second-order valence-electron chi connectivity index (χ2n) is 6.12. The number of nitrogens with one attached hydrogen (secondary N) is 1. The molecule has 7 nitrogen and oxygen atoms in total. The molecule has 0 radical (unpaired) electrons. The van der Waals surface area contributed by atoms with Crippen LogP contribution in [0.4, 0.5) is 5.69 Å². The summed E-state index contributed by atoms with van der Waals surface area (Å²) < 4.78 is 5.27. The molecule has 2 aromatic carbocycles. The lowest BCUT2D eigenvalue weighted by Crippen LogP contribution is -2.30. The van der Waals surface area contributed by atoms with Crippen LogP contribution in [0.15, 0.2) is 53.9 Å². The number of rotatable bonds is 8. The number of nitro benzene ring substituents is 1. The van der Waals surface area contributed by atoms with Gasteiger partial charge in [0.05, 0.1) is 10.6 Å². The minimum absolute atomic E-state index is 0.0740. The number of aromatic nitrogens is 1. The molecule has 3 aromatic rings. The number of thiazole rings is 1. The van der Waals surface area contributed by atoms with Gasteiger partial charge in [-0.2, -0.15) is 0 Å². The van der Waals surface area contributed by atoms with Gasteiger partial charge >= 0.3 is 5.69 Å². The third kappa shape index (κ3) is 5.14. The number of para-hydroxylation sites is 2. The van der Waals surface area contributed by atoms with Gasteiger partial charge in [-0.3, -0.25) is 14.9 Å². The first kappa shape index (κ1) is 19.5. The summed E-state index contributed by atoms with van der Waals surface area (Å²) in [5, 5.41) is 16.6. The van der Waals surface area contributed by atoms with E-state index in [1.807, 2.05) is 36.6 Å². The second-order valence-corrected chi connectivity index (χ2v) is 6.98. The number of amides is 1. The van der Waals surface area contributed by atoms with Crippen molar-refractivity contribution in [2.24, 2.45) is 0 Å². The van der Waals surface area contributed by atoms with E-state index >= 15 is 0 Å². The molecular weight excluding hydrogens is 378 g/mol. The maximum Gasteiger partial charge on any atom is 0.310 e. The molecule has 0 atom stereocenters. The maximum absolute atomic E-state index is 11.9. The van der Waals surface area contributed by atoms with Gasteiger partial charge < -0.3 is 10.1 Å². The molecule has 3 rings (SSSR count). The Morgan fingerprint density at radius 1 is 1.21 bits per heavy atom. The normalized spacial score (nSPS) is 10.5. The van der Waals surface area contributed by atoms with Crippen molar-refractivity contribution < 1.29 is 14.5 Å². The summed E-state index contributed by atoms with van der Waals surface area (Å²) >= 11 is 1.57. The second kappa shape index (κ2) is 9.09. The molecule has 8 heteroatoms. The Kier molecular flexibility index (Phi) is 6.33. The summed E-state index contributed by atoms with van der Waals surface area (Å²) in [6.45, 7) is 2.17. The lowest BCUT2D eigenvalue weighted by Gasteiger charge is -2.07. The van der Waals surface area contributed by atoms with E-state index in [2.05, 4.69) is 10.3 Å². The van der Waals surface area contributed by atoms with Gasteiger partial charge in [0, 0.05) is 30.0 Å². The smallest absolute Gasteiger partial charge is 0.310 e. The van der Waals surface area contributed by atoms with Gasteiger partial charge in [-0.15, -0.1) is 11.3 Å². The highest BCUT2D eigenvalue weighted by Gasteiger charge is 2.14. The molecule has 1 heterocycles. The summed E-state index contributed by atoms with van der Waals surface area (Å²) in [6, 6.07) is 14.1. The van der Waals surface area contributed by atoms with E-state index in [4.69, 9.17) is 4.74 Å². The van der Waals surface area contributed by atoms with Crippen molar-refractivity contribution in [3.05, 3.63) is 75.3 Å². The van der Waals surface area contributed by atoms with Crippen molar-refractivity contribution in [1.29, 1.82) is 0 Å². The van der Waals surface area contributed by atoms with Gasteiger partial charge in [-0.05, 0) is 13.0 Å². The zero-order valence-electron chi connectivity index (χ0n) is 15.3. The van der Waals surface area contributed by atoms with Crippen LogP contribution < -0.4 is 10.1 Å². The van der Waals surface area contributed by atoms with Crippen molar-refractivity contribution in [2.45, 2.75) is 13.3 Å². The van der Waals surface area contributed by atoms with Crippen LogP contribution in [0.1, 0.15) is 11.3 Å². The maximum atomic E-state index is 11.9. The number of ether oxygens (including phenoxy) is 1. The number of aryl methyl sites for hydroxylation is 1. The predicted molar refractivity (Wildman–Crippen MR) is 108 cm³/mol. The molecular formula is C20H19N3O4S. The van der Waals surface area contributed by atoms with E-state index in [-0.39, 0.29) is 24.0 Å². The number of nitrogens with zero attached hydrogens (tertiary/aromatic N) is 2. The number of carbonyl (C=O) groups is 1. The fraction of sp³-hybridized carbons (Fsp3) is 0.200. The molecule has 0 aliphatic rings. The molecule has 28 heavy (non-hydrogen) atoms. The van der Waals surface area contributed by atoms with Gasteiger partial charge in [0.25, 0.3) is 5.91 Å². The average Bonchev–Trinajstić information content (AvgIpc) is 3.16. The highest BCUT2D eigenvalue weighted by atomic mass is 32.1. The van der Waals surface area contributed by atoms with E-state index in [0.717, 1.165) is 16.3 Å². The van der Waals surface area contributed by atoms with Gasteiger partial charge in [-0.25, -0.2) is 4.98 Å². The summed E-state index contributed by atoms with van der Waals surface area (Å²) in [5.41, 5.74) is 3.01. The van der Waals surface area contributed by atoms with E-state index in [1.165, 1.54) is 17.7 Å². The molecule has 0 bridgehead atoms. The monoisotopic (exact) mass is 397 g/mol. The van der Waals surface area contributed by atoms with Crippen molar-refractivity contribution >= 4 is 22.9 Å². The third-order valence-corrected chi connectivity index (χ3v) is 4.91. The lowest BCUT2D eigenvalue weighted by molar-refractivity contribution is -0.385. The Labute approximate surface area is 166 Å². The predicted octanol–water partition coefficient (Wildman–Crippen LogP) is 3.76. The highest BCUT2D eigenvalue weighted by molar-refractivity contribution is 7.13. The number of hydrogen-bond donors (Lipinski definition) is 1. The zero-order valence-corrected chi connectivity index (χ0v) is 16.1. The third-order valence-electron chi connectivity index (χ3n) is 3.97. The van der Waals surface area contributed by atoms with Crippen LogP contribution in [-0.4, -0.2) is 29.0 Å². The molecule has 0 saturated heterocycles. The minimum atomic E-state index is -0.541. The molecule has 0 spiro atoms. The average molecular weight is 397 g/mol. The van der Waals surface area contributed by atoms with E-state index in [0.29, 0.717) is 13.0 Å². The van der Waals surface area contributed by atoms with Gasteiger partial charge in [0.1, 0.15) is 5.01 Å². The van der Waals surface area contributed by atoms with E-state index < -0.39 is 4.92 Å². The Morgan fingerprint density at radius 2 is 1.96 bits per heavy atom. The molecule has 0 aliphatic carbocycles. The van der Waals surface area contributed by atoms with Gasteiger partial charge in [0.15, 0.2) is 12.4 Å². The first-order chi connectivity index (χ1) is 13.5. The standard InChI is InChI=1S/C20H19N3O4S/c1-14-6-8-15(9-7-14)20-22-16(13-28-20)10-11-21-19(24)12-27-18-5-3-2-4-17(18)23(25)26/h2-9,13H,10-12H2,1H3,(H,21,24). The number of nitro groups is 1. The first-order valence-electron chi connectivity index (χ1n) is 8.67. The summed E-state index contributed by atoms with van der Waals surface area (Å²) in [7, 11) is 0. The van der Waals surface area contributed by atoms with Gasteiger partial charge in [0.2, 0.25) is 0 Å². The molecule has 1 amide bonds. The van der Waals surface area contributed by atoms with Crippen molar-refractivity contribution in [3.8, 4) is 16.3 Å². The van der Waals surface area contributed by atoms with Crippen molar-refractivity contribution in [2.75, 3.05) is 13.2 Å². The first-order valence-corrected chi connectivity index (χ1v) is 9.55. The quantitative estimate of drug-likeness (QED) is 0.461. The summed E-state index contributed by atoms with van der Waals surface area (Å²) in [5.74, 6) is -0.267. The van der Waals surface area contributed by atoms with Crippen LogP contribution >= 0.6 is 11.3 Å².